The Morgan fingerprint density at radius 1 is 1.11 bits per heavy atom. The standard InChI is InChI=1S/C20H36N8O6S/c1-35-9-6-12(19(33)34)26-17(31)14-5-3-8-28(14)18(32)13(10-15(22)29)27-16(30)11(21)4-2-7-25-20(23)24/h11-14H,2-10,21H2,1H3,(H2,22,29)(H,26,31)(H,27,30)(H,33,34)(H4,23,24,25). The first kappa shape index (κ1) is 30.0. The van der Waals surface area contributed by atoms with E-state index >= 15 is 0 Å². The molecular weight excluding hydrogens is 480 g/mol. The number of thioether (sulfide) groups is 1. The number of carbonyl (C=O) groups is 5. The van der Waals surface area contributed by atoms with Gasteiger partial charge in [-0.3, -0.25) is 24.2 Å². The lowest BCUT2D eigenvalue weighted by molar-refractivity contribution is -0.145. The van der Waals surface area contributed by atoms with E-state index in [4.69, 9.17) is 22.9 Å². The maximum absolute atomic E-state index is 13.2. The van der Waals surface area contributed by atoms with Gasteiger partial charge in [0.25, 0.3) is 0 Å². The molecule has 0 saturated carbocycles. The van der Waals surface area contributed by atoms with Gasteiger partial charge in [0, 0.05) is 13.1 Å². The molecule has 4 atom stereocenters. The molecule has 11 N–H and O–H groups in total. The van der Waals surface area contributed by atoms with Gasteiger partial charge in [-0.05, 0) is 44.1 Å². The maximum atomic E-state index is 13.2. The van der Waals surface area contributed by atoms with E-state index in [1.165, 1.54) is 16.7 Å². The minimum atomic E-state index is -1.32. The van der Waals surface area contributed by atoms with Crippen molar-refractivity contribution in [2.75, 3.05) is 25.1 Å². The first-order valence-corrected chi connectivity index (χ1v) is 12.6. The molecule has 198 valence electrons. The van der Waals surface area contributed by atoms with Crippen LogP contribution in [0.1, 0.15) is 38.5 Å². The smallest absolute Gasteiger partial charge is 0.326 e. The Hall–Kier alpha value is -3.07. The van der Waals surface area contributed by atoms with Crippen molar-refractivity contribution in [2.24, 2.45) is 27.9 Å². The molecule has 35 heavy (non-hydrogen) atoms. The Labute approximate surface area is 208 Å². The van der Waals surface area contributed by atoms with Crippen molar-refractivity contribution in [3.8, 4) is 0 Å². The molecule has 0 aromatic rings. The summed E-state index contributed by atoms with van der Waals surface area (Å²) in [7, 11) is 0. The average molecular weight is 517 g/mol. The van der Waals surface area contributed by atoms with Crippen LogP contribution in [0.15, 0.2) is 4.99 Å². The molecule has 0 radical (unpaired) electrons. The highest BCUT2D eigenvalue weighted by molar-refractivity contribution is 7.98. The maximum Gasteiger partial charge on any atom is 0.326 e. The van der Waals surface area contributed by atoms with E-state index in [1.54, 1.807) is 0 Å². The van der Waals surface area contributed by atoms with E-state index in [0.717, 1.165) is 0 Å². The number of guanidine groups is 1. The van der Waals surface area contributed by atoms with Crippen molar-refractivity contribution in [1.29, 1.82) is 0 Å². The molecular formula is C20H36N8O6S. The Morgan fingerprint density at radius 2 is 1.80 bits per heavy atom. The van der Waals surface area contributed by atoms with Crippen molar-refractivity contribution in [3.63, 3.8) is 0 Å². The fourth-order valence-corrected chi connectivity index (χ4v) is 4.07. The van der Waals surface area contributed by atoms with E-state index in [-0.39, 0.29) is 31.9 Å². The van der Waals surface area contributed by atoms with Gasteiger partial charge in [0.2, 0.25) is 23.6 Å². The summed E-state index contributed by atoms with van der Waals surface area (Å²) in [5.41, 5.74) is 21.6. The van der Waals surface area contributed by atoms with Gasteiger partial charge in [-0.15, -0.1) is 0 Å². The third kappa shape index (κ3) is 10.4. The topological polar surface area (TPSA) is 249 Å². The van der Waals surface area contributed by atoms with Gasteiger partial charge < -0.3 is 43.6 Å². The number of aliphatic carboxylic acids is 1. The molecule has 0 aromatic carbocycles. The molecule has 4 unspecified atom stereocenters. The summed E-state index contributed by atoms with van der Waals surface area (Å²) in [5.74, 6) is -3.49. The minimum Gasteiger partial charge on any atom is -0.480 e. The molecule has 15 heteroatoms. The molecule has 0 bridgehead atoms. The zero-order valence-electron chi connectivity index (χ0n) is 19.8. The lowest BCUT2D eigenvalue weighted by Crippen LogP contribution is -2.57. The number of likely N-dealkylation sites (tertiary alicyclic amines) is 1. The second-order valence-corrected chi connectivity index (χ2v) is 9.14. The molecule has 4 amide bonds. The number of hydrogen-bond acceptors (Lipinski definition) is 8. The third-order valence-corrected chi connectivity index (χ3v) is 6.03. The quantitative estimate of drug-likeness (QED) is 0.0661. The van der Waals surface area contributed by atoms with Gasteiger partial charge in [-0.2, -0.15) is 11.8 Å². The number of nitrogens with zero attached hydrogens (tertiary/aromatic N) is 2. The van der Waals surface area contributed by atoms with Crippen LogP contribution in [0.3, 0.4) is 0 Å². The number of primary amides is 1. The summed E-state index contributed by atoms with van der Waals surface area (Å²) >= 11 is 1.45. The number of aliphatic imine (C=N–C) groups is 1. The summed E-state index contributed by atoms with van der Waals surface area (Å²) in [6, 6.07) is -4.33. The molecule has 1 heterocycles. The van der Waals surface area contributed by atoms with Crippen LogP contribution in [0.2, 0.25) is 0 Å². The zero-order chi connectivity index (χ0) is 26.5. The van der Waals surface area contributed by atoms with Crippen LogP contribution in [0.4, 0.5) is 0 Å². The highest BCUT2D eigenvalue weighted by Crippen LogP contribution is 2.20. The Balaban J connectivity index is 2.86. The van der Waals surface area contributed by atoms with Crippen molar-refractivity contribution < 1.29 is 29.1 Å². The summed E-state index contributed by atoms with van der Waals surface area (Å²) in [4.78, 5) is 66.6. The number of carbonyl (C=O) groups excluding carboxylic acids is 4. The molecule has 1 fully saturated rings. The SMILES string of the molecule is CSCCC(NC(=O)C1CCCN1C(=O)C(CC(N)=O)NC(=O)C(N)CCCN=C(N)N)C(=O)O. The van der Waals surface area contributed by atoms with Gasteiger partial charge in [-0.1, -0.05) is 0 Å². The van der Waals surface area contributed by atoms with E-state index in [9.17, 15) is 29.1 Å². The third-order valence-electron chi connectivity index (χ3n) is 5.39. The molecule has 1 rings (SSSR count). The number of rotatable bonds is 15. The van der Waals surface area contributed by atoms with Crippen molar-refractivity contribution in [3.05, 3.63) is 0 Å². The second-order valence-electron chi connectivity index (χ2n) is 8.16. The second kappa shape index (κ2) is 15.0. The van der Waals surface area contributed by atoms with E-state index in [0.29, 0.717) is 25.0 Å². The highest BCUT2D eigenvalue weighted by atomic mass is 32.2. The van der Waals surface area contributed by atoms with Crippen molar-refractivity contribution in [1.82, 2.24) is 15.5 Å². The fraction of sp³-hybridized carbons (Fsp3) is 0.700. The minimum absolute atomic E-state index is 0.0849. The molecule has 1 aliphatic heterocycles. The predicted octanol–water partition coefficient (Wildman–Crippen LogP) is -2.96. The van der Waals surface area contributed by atoms with Crippen molar-refractivity contribution >= 4 is 47.3 Å². The lowest BCUT2D eigenvalue weighted by atomic mass is 10.1. The number of nitrogens with one attached hydrogen (secondary N) is 2. The molecule has 14 nitrogen and oxygen atoms in total. The number of carboxylic acids is 1. The van der Waals surface area contributed by atoms with Crippen LogP contribution in [-0.2, 0) is 24.0 Å². The first-order chi connectivity index (χ1) is 16.5. The van der Waals surface area contributed by atoms with Crippen LogP contribution in [0, 0.1) is 0 Å². The van der Waals surface area contributed by atoms with Crippen molar-refractivity contribution in [2.45, 2.75) is 62.7 Å². The number of hydrogen-bond donors (Lipinski definition) is 7. The lowest BCUT2D eigenvalue weighted by Gasteiger charge is -2.29. The summed E-state index contributed by atoms with van der Waals surface area (Å²) < 4.78 is 0. The number of nitrogens with two attached hydrogens (primary N) is 4. The summed E-state index contributed by atoms with van der Waals surface area (Å²) in [6.07, 6.45) is 3.01. The van der Waals surface area contributed by atoms with Gasteiger partial charge in [-0.25, -0.2) is 4.79 Å². The predicted molar refractivity (Wildman–Crippen MR) is 131 cm³/mol. The van der Waals surface area contributed by atoms with Crippen LogP contribution in [0.5, 0.6) is 0 Å². The van der Waals surface area contributed by atoms with E-state index in [1.807, 2.05) is 6.26 Å². The molecule has 0 aliphatic carbocycles. The Morgan fingerprint density at radius 3 is 2.37 bits per heavy atom. The van der Waals surface area contributed by atoms with E-state index < -0.39 is 60.2 Å². The van der Waals surface area contributed by atoms with E-state index in [2.05, 4.69) is 15.6 Å². The van der Waals surface area contributed by atoms with Gasteiger partial charge >= 0.3 is 5.97 Å². The normalized spacial score (nSPS) is 17.7. The highest BCUT2D eigenvalue weighted by Gasteiger charge is 2.39. The molecule has 1 saturated heterocycles. The van der Waals surface area contributed by atoms with Crippen LogP contribution in [-0.4, -0.2) is 94.8 Å². The Bertz CT molecular complexity index is 806. The van der Waals surface area contributed by atoms with Gasteiger partial charge in [0.15, 0.2) is 5.96 Å². The Kier molecular flexibility index (Phi) is 12.9. The van der Waals surface area contributed by atoms with Crippen LogP contribution >= 0.6 is 11.8 Å². The van der Waals surface area contributed by atoms with Crippen LogP contribution in [0.25, 0.3) is 0 Å². The fourth-order valence-electron chi connectivity index (χ4n) is 3.59. The van der Waals surface area contributed by atoms with Gasteiger partial charge in [0.1, 0.15) is 18.1 Å². The molecule has 1 aliphatic rings. The van der Waals surface area contributed by atoms with Crippen LogP contribution < -0.4 is 33.6 Å². The number of amides is 4. The first-order valence-electron chi connectivity index (χ1n) is 11.2. The molecule has 0 spiro atoms. The largest absolute Gasteiger partial charge is 0.480 e. The zero-order valence-corrected chi connectivity index (χ0v) is 20.6. The average Bonchev–Trinajstić information content (AvgIpc) is 3.27. The summed E-state index contributed by atoms with van der Waals surface area (Å²) in [6.45, 7) is 0.473. The molecule has 0 aromatic heterocycles. The number of carboxylic acid groups (broad SMARTS) is 1. The summed E-state index contributed by atoms with van der Waals surface area (Å²) in [5, 5.41) is 14.3. The monoisotopic (exact) mass is 516 g/mol. The van der Waals surface area contributed by atoms with Gasteiger partial charge in [0.05, 0.1) is 12.5 Å².